The van der Waals surface area contributed by atoms with Crippen LogP contribution >= 0.6 is 0 Å². The number of nitrogens with zero attached hydrogens (tertiary/aromatic N) is 2. The van der Waals surface area contributed by atoms with Crippen molar-refractivity contribution in [2.24, 2.45) is 0 Å². The maximum absolute atomic E-state index is 13.6. The van der Waals surface area contributed by atoms with Crippen molar-refractivity contribution >= 4 is 28.6 Å². The number of halogens is 1. The van der Waals surface area contributed by atoms with Crippen molar-refractivity contribution in [1.29, 1.82) is 0 Å². The molecule has 3 aromatic heterocycles. The first-order valence-corrected chi connectivity index (χ1v) is 9.89. The monoisotopic (exact) mass is 430 g/mol. The van der Waals surface area contributed by atoms with Crippen molar-refractivity contribution < 1.29 is 18.7 Å². The number of nitrogens with one attached hydrogen (secondary N) is 2. The first kappa shape index (κ1) is 20.9. The Kier molecular flexibility index (Phi) is 6.03. The van der Waals surface area contributed by atoms with E-state index in [1.54, 1.807) is 43.6 Å². The summed E-state index contributed by atoms with van der Waals surface area (Å²) >= 11 is 0. The fraction of sp³-hybridized carbons (Fsp3) is 0.0833. The Morgan fingerprint density at radius 1 is 1.09 bits per heavy atom. The number of hydrogen-bond donors (Lipinski definition) is 2. The normalized spacial score (nSPS) is 11.1. The first-order valence-electron chi connectivity index (χ1n) is 9.89. The summed E-state index contributed by atoms with van der Waals surface area (Å²) in [5.74, 6) is -1.58. The third-order valence-electron chi connectivity index (χ3n) is 4.69. The number of carbonyl (C=O) groups is 2. The van der Waals surface area contributed by atoms with Gasteiger partial charge in [-0.15, -0.1) is 0 Å². The summed E-state index contributed by atoms with van der Waals surface area (Å²) in [5, 5.41) is 3.55. The van der Waals surface area contributed by atoms with Crippen molar-refractivity contribution in [1.82, 2.24) is 15.0 Å². The number of anilines is 1. The van der Waals surface area contributed by atoms with Crippen LogP contribution in [0.1, 0.15) is 6.92 Å². The number of esters is 1. The predicted octanol–water partition coefficient (Wildman–Crippen LogP) is 4.49. The van der Waals surface area contributed by atoms with E-state index in [0.717, 1.165) is 34.2 Å². The van der Waals surface area contributed by atoms with Crippen LogP contribution < -0.4 is 5.32 Å². The summed E-state index contributed by atoms with van der Waals surface area (Å²) in [6.07, 6.45) is 7.12. The lowest BCUT2D eigenvalue weighted by Gasteiger charge is -2.07. The lowest BCUT2D eigenvalue weighted by Crippen LogP contribution is -2.09. The van der Waals surface area contributed by atoms with Gasteiger partial charge < -0.3 is 15.0 Å². The van der Waals surface area contributed by atoms with E-state index in [9.17, 15) is 14.0 Å². The van der Waals surface area contributed by atoms with E-state index in [1.807, 2.05) is 12.1 Å². The van der Waals surface area contributed by atoms with Gasteiger partial charge in [0.2, 0.25) is 11.9 Å². The average Bonchev–Trinajstić information content (AvgIpc) is 3.21. The number of amides is 1. The van der Waals surface area contributed by atoms with Crippen molar-refractivity contribution in [3.63, 3.8) is 0 Å². The van der Waals surface area contributed by atoms with E-state index in [4.69, 9.17) is 4.74 Å². The van der Waals surface area contributed by atoms with Crippen LogP contribution in [0.5, 0.6) is 0 Å². The summed E-state index contributed by atoms with van der Waals surface area (Å²) in [5.41, 5.74) is 4.40. The fourth-order valence-corrected chi connectivity index (χ4v) is 3.26. The van der Waals surface area contributed by atoms with E-state index < -0.39 is 17.8 Å². The molecule has 0 aliphatic rings. The number of ether oxygens (including phenoxy) is 1. The van der Waals surface area contributed by atoms with Crippen LogP contribution in [0.2, 0.25) is 0 Å². The minimum atomic E-state index is -0.577. The van der Waals surface area contributed by atoms with E-state index in [1.165, 1.54) is 12.3 Å². The number of pyridine rings is 2. The lowest BCUT2D eigenvalue weighted by atomic mass is 10.0. The van der Waals surface area contributed by atoms with Crippen LogP contribution in [-0.2, 0) is 14.3 Å². The number of benzene rings is 1. The van der Waals surface area contributed by atoms with Crippen LogP contribution in [-0.4, -0.2) is 33.4 Å². The van der Waals surface area contributed by atoms with Crippen LogP contribution in [0.15, 0.2) is 73.2 Å². The molecule has 0 bridgehead atoms. The average molecular weight is 430 g/mol. The number of fused-ring (bicyclic) bond motifs is 1. The van der Waals surface area contributed by atoms with Gasteiger partial charge in [0.15, 0.2) is 0 Å². The summed E-state index contributed by atoms with van der Waals surface area (Å²) in [6.45, 7) is 1.93. The molecule has 32 heavy (non-hydrogen) atoms. The topological polar surface area (TPSA) is 97.0 Å². The Bertz CT molecular complexity index is 1330. The largest absolute Gasteiger partial charge is 0.463 e. The van der Waals surface area contributed by atoms with Gasteiger partial charge >= 0.3 is 5.97 Å². The smallest absolute Gasteiger partial charge is 0.330 e. The van der Waals surface area contributed by atoms with Crippen molar-refractivity contribution in [3.8, 4) is 22.3 Å². The highest BCUT2D eigenvalue weighted by Crippen LogP contribution is 2.31. The number of hydrogen-bond acceptors (Lipinski definition) is 5. The molecule has 0 unspecified atom stereocenters. The molecule has 160 valence electrons. The third kappa shape index (κ3) is 4.70. The van der Waals surface area contributed by atoms with Crippen molar-refractivity contribution in [3.05, 3.63) is 79.2 Å². The van der Waals surface area contributed by atoms with E-state index >= 15 is 0 Å². The molecule has 0 saturated carbocycles. The molecule has 8 heteroatoms. The minimum Gasteiger partial charge on any atom is -0.463 e. The highest BCUT2D eigenvalue weighted by atomic mass is 19.1. The molecule has 7 nitrogen and oxygen atoms in total. The van der Waals surface area contributed by atoms with Gasteiger partial charge in [-0.1, -0.05) is 12.1 Å². The zero-order valence-electron chi connectivity index (χ0n) is 17.1. The summed E-state index contributed by atoms with van der Waals surface area (Å²) in [7, 11) is 0. The Morgan fingerprint density at radius 2 is 1.97 bits per heavy atom. The third-order valence-corrected chi connectivity index (χ3v) is 4.69. The Labute approximate surface area is 183 Å². The molecule has 4 rings (SSSR count). The molecule has 0 atom stereocenters. The molecule has 2 N–H and O–H groups in total. The molecule has 1 amide bonds. The van der Waals surface area contributed by atoms with Crippen molar-refractivity contribution in [2.75, 3.05) is 11.9 Å². The number of carbonyl (C=O) groups excluding carboxylic acids is 2. The molecule has 0 radical (unpaired) electrons. The zero-order valence-corrected chi connectivity index (χ0v) is 17.1. The standard InChI is InChI=1S/C24H19FN4O3/c1-2-32-23(31)7-6-22(30)29-18-5-3-4-15(10-18)17-11-19-20(14-28-24(19)27-13-17)16-8-9-26-21(25)12-16/h3-14H,2H2,1H3,(H,27,28)(H,29,30)/b7-6+. The lowest BCUT2D eigenvalue weighted by molar-refractivity contribution is -0.137. The molecular formula is C24H19FN4O3. The van der Waals surface area contributed by atoms with Crippen LogP contribution in [0, 0.1) is 5.95 Å². The number of H-pyrrole nitrogens is 1. The molecule has 0 aliphatic heterocycles. The highest BCUT2D eigenvalue weighted by molar-refractivity contribution is 6.03. The molecule has 0 spiro atoms. The number of aromatic nitrogens is 3. The van der Waals surface area contributed by atoms with E-state index in [0.29, 0.717) is 16.9 Å². The summed E-state index contributed by atoms with van der Waals surface area (Å²) in [4.78, 5) is 34.6. The van der Waals surface area contributed by atoms with Gasteiger partial charge in [0, 0.05) is 59.0 Å². The molecule has 0 aliphatic carbocycles. The van der Waals surface area contributed by atoms with Crippen molar-refractivity contribution in [2.45, 2.75) is 6.92 Å². The Balaban J connectivity index is 1.60. The predicted molar refractivity (Wildman–Crippen MR) is 119 cm³/mol. The minimum absolute atomic E-state index is 0.240. The fourth-order valence-electron chi connectivity index (χ4n) is 3.26. The zero-order chi connectivity index (χ0) is 22.5. The Morgan fingerprint density at radius 3 is 2.78 bits per heavy atom. The van der Waals surface area contributed by atoms with Crippen LogP contribution in [0.3, 0.4) is 0 Å². The summed E-state index contributed by atoms with van der Waals surface area (Å²) < 4.78 is 18.3. The molecule has 0 fully saturated rings. The number of rotatable bonds is 6. The second kappa shape index (κ2) is 9.22. The first-order chi connectivity index (χ1) is 15.5. The maximum atomic E-state index is 13.6. The Hall–Kier alpha value is -4.33. The molecule has 4 aromatic rings. The van der Waals surface area contributed by atoms with Gasteiger partial charge in [-0.2, -0.15) is 4.39 Å². The van der Waals surface area contributed by atoms with Gasteiger partial charge in [-0.25, -0.2) is 14.8 Å². The van der Waals surface area contributed by atoms with Crippen LogP contribution in [0.25, 0.3) is 33.3 Å². The van der Waals surface area contributed by atoms with Gasteiger partial charge in [0.1, 0.15) is 5.65 Å². The summed E-state index contributed by atoms with van der Waals surface area (Å²) in [6, 6.07) is 12.3. The number of aromatic amines is 1. The molecule has 1 aromatic carbocycles. The van der Waals surface area contributed by atoms with Gasteiger partial charge in [0.05, 0.1) is 6.61 Å². The second-order valence-corrected chi connectivity index (χ2v) is 6.85. The van der Waals surface area contributed by atoms with Gasteiger partial charge in [0.25, 0.3) is 0 Å². The van der Waals surface area contributed by atoms with Crippen LogP contribution in [0.4, 0.5) is 10.1 Å². The SMILES string of the molecule is CCOC(=O)/C=C/C(=O)Nc1cccc(-c2cnc3[nH]cc(-c4ccnc(F)c4)c3c2)c1. The van der Waals surface area contributed by atoms with E-state index in [-0.39, 0.29) is 6.61 Å². The maximum Gasteiger partial charge on any atom is 0.330 e. The quantitative estimate of drug-likeness (QED) is 0.267. The highest BCUT2D eigenvalue weighted by Gasteiger charge is 2.11. The van der Waals surface area contributed by atoms with Gasteiger partial charge in [-0.05, 0) is 42.3 Å². The van der Waals surface area contributed by atoms with E-state index in [2.05, 4.69) is 20.3 Å². The van der Waals surface area contributed by atoms with Gasteiger partial charge in [-0.3, -0.25) is 4.79 Å². The molecule has 0 saturated heterocycles. The second-order valence-electron chi connectivity index (χ2n) is 6.85. The molecule has 3 heterocycles. The molecular weight excluding hydrogens is 411 g/mol.